The lowest BCUT2D eigenvalue weighted by atomic mass is 9.86. The Bertz CT molecular complexity index is 160. The maximum Gasteiger partial charge on any atom is 0.331 e. The number of alkyl halides is 1. The van der Waals surface area contributed by atoms with E-state index in [9.17, 15) is 4.79 Å². The molecule has 0 aromatic rings. The summed E-state index contributed by atoms with van der Waals surface area (Å²) in [6.07, 6.45) is 0. The second kappa shape index (κ2) is 1.43. The molecule has 0 bridgehead atoms. The quantitative estimate of drug-likeness (QED) is 0.383. The van der Waals surface area contributed by atoms with Crippen molar-refractivity contribution in [3.8, 4) is 0 Å². The Morgan fingerprint density at radius 3 is 1.89 bits per heavy atom. The molecule has 0 radical (unpaired) electrons. The first-order valence-corrected chi connectivity index (χ1v) is 3.18. The van der Waals surface area contributed by atoms with Crippen LogP contribution in [0.5, 0.6) is 0 Å². The van der Waals surface area contributed by atoms with Crippen molar-refractivity contribution >= 4 is 17.6 Å². The lowest BCUT2D eigenvalue weighted by Gasteiger charge is -2.46. The molecule has 0 aromatic heterocycles. The van der Waals surface area contributed by atoms with Crippen LogP contribution in [0.1, 0.15) is 20.8 Å². The number of esters is 1. The molecule has 0 amide bonds. The van der Waals surface area contributed by atoms with Gasteiger partial charge in [0, 0.05) is 0 Å². The second-order valence-electron chi connectivity index (χ2n) is 2.90. The van der Waals surface area contributed by atoms with Crippen LogP contribution in [0.4, 0.5) is 0 Å². The summed E-state index contributed by atoms with van der Waals surface area (Å²) in [5.74, 6) is -0.325. The van der Waals surface area contributed by atoms with E-state index >= 15 is 0 Å². The summed E-state index contributed by atoms with van der Waals surface area (Å²) in [5.41, 5.74) is -0.494. The molecule has 52 valence electrons. The molecule has 0 unspecified atom stereocenters. The summed E-state index contributed by atoms with van der Waals surface area (Å²) in [6.45, 7) is 5.25. The molecule has 2 nitrogen and oxygen atoms in total. The number of ether oxygens (including phenoxy) is 1. The largest absolute Gasteiger partial charge is 0.456 e. The van der Waals surface area contributed by atoms with Crippen molar-refractivity contribution in [1.29, 1.82) is 0 Å². The molecule has 1 fully saturated rings. The Morgan fingerprint density at radius 1 is 1.44 bits per heavy atom. The fraction of sp³-hybridized carbons (Fsp3) is 0.833. The second-order valence-corrected chi connectivity index (χ2v) is 3.66. The molecule has 3 heteroatoms. The summed E-state index contributed by atoms with van der Waals surface area (Å²) in [4.78, 5) is 9.80. The first-order chi connectivity index (χ1) is 3.88. The first-order valence-electron chi connectivity index (χ1n) is 2.80. The van der Waals surface area contributed by atoms with Gasteiger partial charge in [-0.1, -0.05) is 0 Å². The maximum atomic E-state index is 10.6. The van der Waals surface area contributed by atoms with E-state index in [2.05, 4.69) is 0 Å². The Kier molecular flexibility index (Phi) is 1.09. The molecule has 1 aliphatic heterocycles. The van der Waals surface area contributed by atoms with E-state index in [-0.39, 0.29) is 5.97 Å². The number of cyclic esters (lactones) is 1. The van der Waals surface area contributed by atoms with Gasteiger partial charge in [-0.25, -0.2) is 4.79 Å². The van der Waals surface area contributed by atoms with E-state index in [0.29, 0.717) is 0 Å². The highest BCUT2D eigenvalue weighted by atomic mass is 35.5. The normalized spacial score (nSPS) is 39.3. The zero-order chi connectivity index (χ0) is 7.28. The van der Waals surface area contributed by atoms with Gasteiger partial charge in [-0.2, -0.15) is 0 Å². The molecule has 0 spiro atoms. The predicted molar refractivity (Wildman–Crippen MR) is 34.4 cm³/mol. The zero-order valence-electron chi connectivity index (χ0n) is 5.69. The van der Waals surface area contributed by atoms with Crippen molar-refractivity contribution in [2.24, 2.45) is 0 Å². The van der Waals surface area contributed by atoms with E-state index in [4.69, 9.17) is 16.3 Å². The minimum absolute atomic E-state index is 0.325. The summed E-state index contributed by atoms with van der Waals surface area (Å²) in [7, 11) is 0. The van der Waals surface area contributed by atoms with E-state index in [1.165, 1.54) is 0 Å². The van der Waals surface area contributed by atoms with Gasteiger partial charge in [0.2, 0.25) is 0 Å². The molecule has 0 aromatic carbocycles. The number of hydrogen-bond donors (Lipinski definition) is 0. The molecule has 1 aliphatic rings. The first kappa shape index (κ1) is 6.87. The van der Waals surface area contributed by atoms with Gasteiger partial charge in [0.15, 0.2) is 4.87 Å². The third-order valence-electron chi connectivity index (χ3n) is 1.86. The molecule has 0 saturated carbocycles. The standard InChI is InChI=1S/C6H9ClO2/c1-5(2)6(3,7)4(8)9-5/h1-3H3/t6-/m1/s1. The molecule has 0 N–H and O–H groups in total. The molecule has 0 aliphatic carbocycles. The van der Waals surface area contributed by atoms with Crippen LogP contribution in [0.25, 0.3) is 0 Å². The van der Waals surface area contributed by atoms with Crippen LogP contribution in [-0.2, 0) is 9.53 Å². The van der Waals surface area contributed by atoms with Crippen LogP contribution in [0.15, 0.2) is 0 Å². The van der Waals surface area contributed by atoms with Gasteiger partial charge in [0.1, 0.15) is 5.60 Å². The minimum atomic E-state index is -0.812. The highest BCUT2D eigenvalue weighted by molar-refractivity contribution is 6.36. The number of halogens is 1. The zero-order valence-corrected chi connectivity index (χ0v) is 6.45. The summed E-state index contributed by atoms with van der Waals surface area (Å²) in [6, 6.07) is 0. The lowest BCUT2D eigenvalue weighted by molar-refractivity contribution is -0.195. The molecular weight excluding hydrogens is 140 g/mol. The minimum Gasteiger partial charge on any atom is -0.456 e. The summed E-state index contributed by atoms with van der Waals surface area (Å²) < 4.78 is 4.77. The summed E-state index contributed by atoms with van der Waals surface area (Å²) in [5, 5.41) is 0. The molecule has 1 heterocycles. The number of hydrogen-bond acceptors (Lipinski definition) is 2. The van der Waals surface area contributed by atoms with E-state index < -0.39 is 10.5 Å². The van der Waals surface area contributed by atoms with E-state index in [1.807, 2.05) is 0 Å². The van der Waals surface area contributed by atoms with E-state index in [1.54, 1.807) is 20.8 Å². The van der Waals surface area contributed by atoms with Gasteiger partial charge in [0.25, 0.3) is 0 Å². The number of carbonyl (C=O) groups is 1. The van der Waals surface area contributed by atoms with Crippen molar-refractivity contribution < 1.29 is 9.53 Å². The topological polar surface area (TPSA) is 26.3 Å². The SMILES string of the molecule is CC1(C)OC(=O)[C@@]1(C)Cl. The van der Waals surface area contributed by atoms with Crippen molar-refractivity contribution in [1.82, 2.24) is 0 Å². The third kappa shape index (κ3) is 0.659. The van der Waals surface area contributed by atoms with Crippen molar-refractivity contribution in [2.45, 2.75) is 31.2 Å². The van der Waals surface area contributed by atoms with Gasteiger partial charge < -0.3 is 4.74 Å². The number of carbonyl (C=O) groups excluding carboxylic acids is 1. The predicted octanol–water partition coefficient (Wildman–Crippen LogP) is 1.32. The van der Waals surface area contributed by atoms with Crippen molar-refractivity contribution in [3.05, 3.63) is 0 Å². The van der Waals surface area contributed by atoms with Gasteiger partial charge in [-0.3, -0.25) is 0 Å². The van der Waals surface area contributed by atoms with Crippen LogP contribution < -0.4 is 0 Å². The highest BCUT2D eigenvalue weighted by Crippen LogP contribution is 2.42. The van der Waals surface area contributed by atoms with E-state index in [0.717, 1.165) is 0 Å². The van der Waals surface area contributed by atoms with Gasteiger partial charge >= 0.3 is 5.97 Å². The molecule has 9 heavy (non-hydrogen) atoms. The monoisotopic (exact) mass is 148 g/mol. The van der Waals surface area contributed by atoms with Crippen molar-refractivity contribution in [2.75, 3.05) is 0 Å². The smallest absolute Gasteiger partial charge is 0.331 e. The fourth-order valence-corrected chi connectivity index (χ4v) is 0.700. The maximum absolute atomic E-state index is 10.6. The molecular formula is C6H9ClO2. The number of rotatable bonds is 0. The highest BCUT2D eigenvalue weighted by Gasteiger charge is 2.59. The van der Waals surface area contributed by atoms with Gasteiger partial charge in [0.05, 0.1) is 0 Å². The Balaban J connectivity index is 2.82. The van der Waals surface area contributed by atoms with Crippen LogP contribution in [0.2, 0.25) is 0 Å². The molecule has 1 atom stereocenters. The Labute approximate surface area is 59.1 Å². The Hall–Kier alpha value is -0.240. The third-order valence-corrected chi connectivity index (χ3v) is 2.47. The average Bonchev–Trinajstić information content (AvgIpc) is 1.65. The van der Waals surface area contributed by atoms with Crippen LogP contribution in [-0.4, -0.2) is 16.4 Å². The van der Waals surface area contributed by atoms with Crippen molar-refractivity contribution in [3.63, 3.8) is 0 Å². The van der Waals surface area contributed by atoms with Crippen LogP contribution in [0, 0.1) is 0 Å². The lowest BCUT2D eigenvalue weighted by Crippen LogP contribution is -2.63. The Morgan fingerprint density at radius 2 is 1.89 bits per heavy atom. The fourth-order valence-electron chi connectivity index (χ4n) is 0.623. The molecule has 1 rings (SSSR count). The summed E-state index contributed by atoms with van der Waals surface area (Å²) >= 11 is 5.77. The molecule has 1 saturated heterocycles. The van der Waals surface area contributed by atoms with Crippen LogP contribution >= 0.6 is 11.6 Å². The van der Waals surface area contributed by atoms with Crippen LogP contribution in [0.3, 0.4) is 0 Å². The average molecular weight is 149 g/mol. The van der Waals surface area contributed by atoms with Gasteiger partial charge in [-0.05, 0) is 20.8 Å². The van der Waals surface area contributed by atoms with Gasteiger partial charge in [-0.15, -0.1) is 11.6 Å².